The van der Waals surface area contributed by atoms with Gasteiger partial charge in [0.05, 0.1) is 6.61 Å². The number of carbonyl (C=O) groups excluding carboxylic acids is 1. The fraction of sp³-hybridized carbons (Fsp3) is 0.533. The van der Waals surface area contributed by atoms with E-state index in [0.29, 0.717) is 18.2 Å². The van der Waals surface area contributed by atoms with Gasteiger partial charge in [0.2, 0.25) is 0 Å². The first-order chi connectivity index (χ1) is 10.7. The number of rotatable bonds is 3. The van der Waals surface area contributed by atoms with Gasteiger partial charge in [-0.2, -0.15) is 9.50 Å². The van der Waals surface area contributed by atoms with E-state index in [-0.39, 0.29) is 5.95 Å². The van der Waals surface area contributed by atoms with E-state index in [1.54, 1.807) is 11.4 Å². The molecule has 0 radical (unpaired) electrons. The van der Waals surface area contributed by atoms with Crippen LogP contribution in [0.15, 0.2) is 18.2 Å². The first-order valence-electron chi connectivity index (χ1n) is 7.72. The van der Waals surface area contributed by atoms with Crippen molar-refractivity contribution >= 4 is 23.5 Å². The van der Waals surface area contributed by atoms with Crippen molar-refractivity contribution in [1.82, 2.24) is 14.6 Å². The quantitative estimate of drug-likeness (QED) is 0.943. The van der Waals surface area contributed by atoms with Crippen LogP contribution in [-0.2, 0) is 4.74 Å². The maximum absolute atomic E-state index is 11.5. The summed E-state index contributed by atoms with van der Waals surface area (Å²) in [4.78, 5) is 18.1. The molecular formula is C15H21N5O2. The van der Waals surface area contributed by atoms with Gasteiger partial charge in [0.25, 0.3) is 5.95 Å². The van der Waals surface area contributed by atoms with Gasteiger partial charge >= 0.3 is 6.09 Å². The number of nitrogens with one attached hydrogen (secondary N) is 1. The fourth-order valence-corrected chi connectivity index (χ4v) is 2.84. The largest absolute Gasteiger partial charge is 0.450 e. The van der Waals surface area contributed by atoms with Gasteiger partial charge in [-0.1, -0.05) is 13.0 Å². The van der Waals surface area contributed by atoms with Crippen molar-refractivity contribution in [2.24, 2.45) is 5.92 Å². The standard InChI is InChI=1S/C15H21N5O2/c1-3-22-15(21)17-14-16-12-7-4-8-13(20(12)18-14)19-9-5-6-11(2)10-19/h4,7-8,11H,3,5-6,9-10H2,1-2H3,(H,17,18,21). The van der Waals surface area contributed by atoms with E-state index >= 15 is 0 Å². The highest BCUT2D eigenvalue weighted by molar-refractivity contribution is 5.82. The normalized spacial score (nSPS) is 18.5. The molecule has 1 unspecified atom stereocenters. The molecule has 1 fully saturated rings. The molecule has 118 valence electrons. The van der Waals surface area contributed by atoms with Crippen molar-refractivity contribution in [3.8, 4) is 0 Å². The number of carbonyl (C=O) groups is 1. The van der Waals surface area contributed by atoms with Gasteiger partial charge in [-0.15, -0.1) is 5.10 Å². The molecule has 0 aromatic carbocycles. The SMILES string of the molecule is CCOC(=O)Nc1nc2cccc(N3CCCC(C)C3)n2n1. The summed E-state index contributed by atoms with van der Waals surface area (Å²) < 4.78 is 6.63. The van der Waals surface area contributed by atoms with Crippen LogP contribution in [0.5, 0.6) is 0 Å². The lowest BCUT2D eigenvalue weighted by atomic mass is 10.0. The molecule has 3 rings (SSSR count). The third-order valence-corrected chi connectivity index (χ3v) is 3.81. The lowest BCUT2D eigenvalue weighted by Gasteiger charge is -2.32. The monoisotopic (exact) mass is 303 g/mol. The summed E-state index contributed by atoms with van der Waals surface area (Å²) >= 11 is 0. The summed E-state index contributed by atoms with van der Waals surface area (Å²) in [6.45, 7) is 6.37. The van der Waals surface area contributed by atoms with Crippen LogP contribution in [0.4, 0.5) is 16.6 Å². The van der Waals surface area contributed by atoms with E-state index in [2.05, 4.69) is 27.2 Å². The minimum absolute atomic E-state index is 0.260. The van der Waals surface area contributed by atoms with Crippen molar-refractivity contribution in [3.63, 3.8) is 0 Å². The molecule has 2 aromatic heterocycles. The molecule has 0 spiro atoms. The summed E-state index contributed by atoms with van der Waals surface area (Å²) in [5, 5.41) is 6.94. The maximum Gasteiger partial charge on any atom is 0.414 e. The average Bonchev–Trinajstić information content (AvgIpc) is 2.89. The van der Waals surface area contributed by atoms with E-state index in [1.165, 1.54) is 12.8 Å². The fourth-order valence-electron chi connectivity index (χ4n) is 2.84. The maximum atomic E-state index is 11.5. The van der Waals surface area contributed by atoms with Crippen LogP contribution in [0.2, 0.25) is 0 Å². The third kappa shape index (κ3) is 2.98. The number of aromatic nitrogens is 3. The molecule has 1 aliphatic heterocycles. The van der Waals surface area contributed by atoms with E-state index in [4.69, 9.17) is 4.74 Å². The Morgan fingerprint density at radius 2 is 2.36 bits per heavy atom. The number of nitrogens with zero attached hydrogens (tertiary/aromatic N) is 4. The Morgan fingerprint density at radius 3 is 3.14 bits per heavy atom. The van der Waals surface area contributed by atoms with Crippen LogP contribution < -0.4 is 10.2 Å². The third-order valence-electron chi connectivity index (χ3n) is 3.81. The summed E-state index contributed by atoms with van der Waals surface area (Å²) in [7, 11) is 0. The Balaban J connectivity index is 1.88. The Kier molecular flexibility index (Phi) is 4.13. The van der Waals surface area contributed by atoms with Crippen LogP contribution >= 0.6 is 0 Å². The second-order valence-corrected chi connectivity index (χ2v) is 5.63. The summed E-state index contributed by atoms with van der Waals surface area (Å²) in [6.07, 6.45) is 1.91. The van der Waals surface area contributed by atoms with E-state index in [1.807, 2.05) is 18.2 Å². The number of pyridine rings is 1. The highest BCUT2D eigenvalue weighted by Gasteiger charge is 2.20. The molecule has 0 bridgehead atoms. The lowest BCUT2D eigenvalue weighted by molar-refractivity contribution is 0.167. The van der Waals surface area contributed by atoms with E-state index < -0.39 is 6.09 Å². The number of anilines is 2. The zero-order chi connectivity index (χ0) is 15.5. The van der Waals surface area contributed by atoms with Crippen LogP contribution in [-0.4, -0.2) is 40.4 Å². The molecule has 22 heavy (non-hydrogen) atoms. The summed E-state index contributed by atoms with van der Waals surface area (Å²) in [5.74, 6) is 1.94. The summed E-state index contributed by atoms with van der Waals surface area (Å²) in [5.41, 5.74) is 0.711. The Hall–Kier alpha value is -2.31. The molecule has 1 saturated heterocycles. The molecule has 7 heteroatoms. The lowest BCUT2D eigenvalue weighted by Crippen LogP contribution is -2.35. The number of piperidine rings is 1. The van der Waals surface area contributed by atoms with Gasteiger partial charge < -0.3 is 9.64 Å². The van der Waals surface area contributed by atoms with Gasteiger partial charge in [-0.25, -0.2) is 4.79 Å². The molecular weight excluding hydrogens is 282 g/mol. The van der Waals surface area contributed by atoms with Crippen LogP contribution in [0, 0.1) is 5.92 Å². The Morgan fingerprint density at radius 1 is 1.50 bits per heavy atom. The topological polar surface area (TPSA) is 71.8 Å². The van der Waals surface area contributed by atoms with Gasteiger partial charge in [0.15, 0.2) is 5.65 Å². The van der Waals surface area contributed by atoms with E-state index in [0.717, 1.165) is 18.9 Å². The Bertz CT molecular complexity index is 669. The number of hydrogen-bond donors (Lipinski definition) is 1. The van der Waals surface area contributed by atoms with Crippen molar-refractivity contribution in [2.75, 3.05) is 29.9 Å². The molecule has 1 aliphatic rings. The van der Waals surface area contributed by atoms with Crippen molar-refractivity contribution < 1.29 is 9.53 Å². The van der Waals surface area contributed by atoms with Crippen molar-refractivity contribution in [2.45, 2.75) is 26.7 Å². The smallest absolute Gasteiger partial charge is 0.414 e. The van der Waals surface area contributed by atoms with E-state index in [9.17, 15) is 4.79 Å². The molecule has 1 atom stereocenters. The number of ether oxygens (including phenoxy) is 1. The highest BCUT2D eigenvalue weighted by Crippen LogP contribution is 2.23. The number of fused-ring (bicyclic) bond motifs is 1. The average molecular weight is 303 g/mol. The predicted molar refractivity (Wildman–Crippen MR) is 84.2 cm³/mol. The number of hydrogen-bond acceptors (Lipinski definition) is 5. The number of amides is 1. The molecule has 1 N–H and O–H groups in total. The van der Waals surface area contributed by atoms with Crippen LogP contribution in [0.1, 0.15) is 26.7 Å². The van der Waals surface area contributed by atoms with Gasteiger partial charge in [0.1, 0.15) is 5.82 Å². The van der Waals surface area contributed by atoms with Crippen LogP contribution in [0.25, 0.3) is 5.65 Å². The first kappa shape index (κ1) is 14.6. The molecule has 1 amide bonds. The molecule has 0 saturated carbocycles. The highest BCUT2D eigenvalue weighted by atomic mass is 16.5. The zero-order valence-corrected chi connectivity index (χ0v) is 13.0. The van der Waals surface area contributed by atoms with Crippen LogP contribution in [0.3, 0.4) is 0 Å². The van der Waals surface area contributed by atoms with Crippen molar-refractivity contribution in [3.05, 3.63) is 18.2 Å². The molecule has 0 aliphatic carbocycles. The summed E-state index contributed by atoms with van der Waals surface area (Å²) in [6, 6.07) is 5.88. The van der Waals surface area contributed by atoms with Gasteiger partial charge in [-0.05, 0) is 37.8 Å². The second kappa shape index (κ2) is 6.21. The minimum atomic E-state index is -0.536. The molecule has 2 aromatic rings. The molecule has 3 heterocycles. The van der Waals surface area contributed by atoms with Crippen molar-refractivity contribution in [1.29, 1.82) is 0 Å². The Labute approximate surface area is 129 Å². The predicted octanol–water partition coefficient (Wildman–Crippen LogP) is 2.53. The van der Waals surface area contributed by atoms with Gasteiger partial charge in [0, 0.05) is 13.1 Å². The first-order valence-corrected chi connectivity index (χ1v) is 7.72. The van der Waals surface area contributed by atoms with Gasteiger partial charge in [-0.3, -0.25) is 5.32 Å². The second-order valence-electron chi connectivity index (χ2n) is 5.63. The zero-order valence-electron chi connectivity index (χ0n) is 13.0. The molecule has 7 nitrogen and oxygen atoms in total. The minimum Gasteiger partial charge on any atom is -0.450 e.